The Labute approximate surface area is 109 Å². The summed E-state index contributed by atoms with van der Waals surface area (Å²) in [5.74, 6) is 0.945. The molecule has 4 heteroatoms. The van der Waals surface area contributed by atoms with E-state index in [0.29, 0.717) is 6.04 Å². The van der Waals surface area contributed by atoms with Crippen molar-refractivity contribution in [2.24, 2.45) is 0 Å². The standard InChI is InChI=1S/C14H23N3O/c1-2-7-15-14-6-3-12(10-16-14)11-17(8-9-18)13-4-5-13/h3,6,10,13,18H,2,4-5,7-9,11H2,1H3,(H,15,16). The smallest absolute Gasteiger partial charge is 0.125 e. The van der Waals surface area contributed by atoms with E-state index in [1.807, 2.05) is 12.3 Å². The largest absolute Gasteiger partial charge is 0.395 e. The van der Waals surface area contributed by atoms with Crippen LogP contribution in [0.1, 0.15) is 31.7 Å². The van der Waals surface area contributed by atoms with E-state index in [1.54, 1.807) is 0 Å². The Balaban J connectivity index is 1.87. The summed E-state index contributed by atoms with van der Waals surface area (Å²) in [7, 11) is 0. The topological polar surface area (TPSA) is 48.4 Å². The number of hydrogen-bond acceptors (Lipinski definition) is 4. The van der Waals surface area contributed by atoms with Gasteiger partial charge in [-0.1, -0.05) is 13.0 Å². The highest BCUT2D eigenvalue weighted by atomic mass is 16.3. The van der Waals surface area contributed by atoms with Gasteiger partial charge in [0, 0.05) is 31.9 Å². The summed E-state index contributed by atoms with van der Waals surface area (Å²) in [5, 5.41) is 12.3. The first-order chi connectivity index (χ1) is 8.83. The summed E-state index contributed by atoms with van der Waals surface area (Å²) < 4.78 is 0. The number of pyridine rings is 1. The molecule has 1 saturated carbocycles. The van der Waals surface area contributed by atoms with Crippen molar-refractivity contribution < 1.29 is 5.11 Å². The van der Waals surface area contributed by atoms with Crippen LogP contribution < -0.4 is 5.32 Å². The summed E-state index contributed by atoms with van der Waals surface area (Å²) in [6.45, 7) is 5.00. The lowest BCUT2D eigenvalue weighted by Gasteiger charge is -2.20. The Morgan fingerprint density at radius 2 is 2.28 bits per heavy atom. The van der Waals surface area contributed by atoms with Gasteiger partial charge in [-0.2, -0.15) is 0 Å². The lowest BCUT2D eigenvalue weighted by atomic mass is 10.2. The molecular formula is C14H23N3O. The highest BCUT2D eigenvalue weighted by Gasteiger charge is 2.28. The van der Waals surface area contributed by atoms with E-state index in [4.69, 9.17) is 5.11 Å². The number of anilines is 1. The summed E-state index contributed by atoms with van der Waals surface area (Å²) in [6.07, 6.45) is 5.58. The average Bonchev–Trinajstić information content (AvgIpc) is 3.22. The molecule has 0 aliphatic heterocycles. The Kier molecular flexibility index (Phi) is 4.96. The molecule has 0 spiro atoms. The Morgan fingerprint density at radius 3 is 2.83 bits per heavy atom. The van der Waals surface area contributed by atoms with Gasteiger partial charge in [0.05, 0.1) is 6.61 Å². The molecule has 1 aliphatic rings. The Bertz CT molecular complexity index is 349. The molecule has 4 nitrogen and oxygen atoms in total. The Hall–Kier alpha value is -1.13. The van der Waals surface area contributed by atoms with E-state index in [-0.39, 0.29) is 6.61 Å². The first-order valence-electron chi connectivity index (χ1n) is 6.87. The molecule has 0 saturated heterocycles. The zero-order chi connectivity index (χ0) is 12.8. The molecule has 1 heterocycles. The molecule has 0 amide bonds. The van der Waals surface area contributed by atoms with E-state index < -0.39 is 0 Å². The van der Waals surface area contributed by atoms with E-state index in [9.17, 15) is 0 Å². The third-order valence-corrected chi connectivity index (χ3v) is 3.22. The summed E-state index contributed by atoms with van der Waals surface area (Å²) >= 11 is 0. The number of aromatic nitrogens is 1. The van der Waals surface area contributed by atoms with Gasteiger partial charge in [-0.05, 0) is 30.9 Å². The van der Waals surface area contributed by atoms with Crippen LogP contribution in [0.3, 0.4) is 0 Å². The van der Waals surface area contributed by atoms with Crippen molar-refractivity contribution in [2.45, 2.75) is 38.8 Å². The molecule has 18 heavy (non-hydrogen) atoms. The van der Waals surface area contributed by atoms with Gasteiger partial charge in [0.1, 0.15) is 5.82 Å². The normalized spacial score (nSPS) is 15.1. The zero-order valence-electron chi connectivity index (χ0n) is 11.1. The van der Waals surface area contributed by atoms with Crippen molar-refractivity contribution in [3.63, 3.8) is 0 Å². The predicted octanol–water partition coefficient (Wildman–Crippen LogP) is 1.86. The van der Waals surface area contributed by atoms with Gasteiger partial charge in [0.15, 0.2) is 0 Å². The first-order valence-corrected chi connectivity index (χ1v) is 6.87. The summed E-state index contributed by atoms with van der Waals surface area (Å²) in [4.78, 5) is 6.75. The maximum absolute atomic E-state index is 9.07. The van der Waals surface area contributed by atoms with Crippen molar-refractivity contribution in [3.05, 3.63) is 23.9 Å². The highest BCUT2D eigenvalue weighted by molar-refractivity contribution is 5.35. The second-order valence-electron chi connectivity index (χ2n) is 4.90. The van der Waals surface area contributed by atoms with Crippen molar-refractivity contribution in [1.82, 2.24) is 9.88 Å². The number of rotatable bonds is 8. The quantitative estimate of drug-likeness (QED) is 0.738. The van der Waals surface area contributed by atoms with Gasteiger partial charge in [0.25, 0.3) is 0 Å². The molecule has 0 aromatic carbocycles. The van der Waals surface area contributed by atoms with E-state index >= 15 is 0 Å². The van der Waals surface area contributed by atoms with Crippen LogP contribution in [0.15, 0.2) is 18.3 Å². The SMILES string of the molecule is CCCNc1ccc(CN(CCO)C2CC2)cn1. The molecule has 0 radical (unpaired) electrons. The van der Waals surface area contributed by atoms with Crippen molar-refractivity contribution in [3.8, 4) is 0 Å². The second kappa shape index (κ2) is 6.71. The summed E-state index contributed by atoms with van der Waals surface area (Å²) in [6, 6.07) is 4.84. The van der Waals surface area contributed by atoms with Crippen LogP contribution in [0.5, 0.6) is 0 Å². The van der Waals surface area contributed by atoms with Gasteiger partial charge in [-0.3, -0.25) is 4.90 Å². The fourth-order valence-electron chi connectivity index (χ4n) is 2.07. The average molecular weight is 249 g/mol. The number of nitrogens with one attached hydrogen (secondary N) is 1. The third-order valence-electron chi connectivity index (χ3n) is 3.22. The second-order valence-corrected chi connectivity index (χ2v) is 4.90. The molecule has 2 rings (SSSR count). The minimum absolute atomic E-state index is 0.236. The van der Waals surface area contributed by atoms with Crippen LogP contribution >= 0.6 is 0 Å². The molecule has 1 fully saturated rings. The van der Waals surface area contributed by atoms with Gasteiger partial charge >= 0.3 is 0 Å². The van der Waals surface area contributed by atoms with E-state index in [2.05, 4.69) is 28.2 Å². The zero-order valence-corrected chi connectivity index (χ0v) is 11.1. The molecule has 1 aromatic rings. The van der Waals surface area contributed by atoms with Crippen LogP contribution in [-0.4, -0.2) is 40.7 Å². The fraction of sp³-hybridized carbons (Fsp3) is 0.643. The van der Waals surface area contributed by atoms with Gasteiger partial charge in [0.2, 0.25) is 0 Å². The molecule has 1 aliphatic carbocycles. The van der Waals surface area contributed by atoms with E-state index in [1.165, 1.54) is 18.4 Å². The molecule has 1 aromatic heterocycles. The highest BCUT2D eigenvalue weighted by Crippen LogP contribution is 2.27. The van der Waals surface area contributed by atoms with Crippen LogP contribution in [0.4, 0.5) is 5.82 Å². The van der Waals surface area contributed by atoms with Crippen LogP contribution in [0.2, 0.25) is 0 Å². The lowest BCUT2D eigenvalue weighted by molar-refractivity contribution is 0.183. The number of nitrogens with zero attached hydrogens (tertiary/aromatic N) is 2. The predicted molar refractivity (Wildman–Crippen MR) is 73.5 cm³/mol. The van der Waals surface area contributed by atoms with Crippen molar-refractivity contribution in [2.75, 3.05) is 25.0 Å². The molecule has 2 N–H and O–H groups in total. The van der Waals surface area contributed by atoms with Crippen molar-refractivity contribution >= 4 is 5.82 Å². The monoisotopic (exact) mass is 249 g/mol. The number of aliphatic hydroxyl groups excluding tert-OH is 1. The lowest BCUT2D eigenvalue weighted by Crippen LogP contribution is -2.28. The maximum Gasteiger partial charge on any atom is 0.125 e. The third kappa shape index (κ3) is 3.96. The van der Waals surface area contributed by atoms with Crippen LogP contribution in [0, 0.1) is 0 Å². The van der Waals surface area contributed by atoms with E-state index in [0.717, 1.165) is 31.9 Å². The minimum atomic E-state index is 0.236. The molecule has 100 valence electrons. The minimum Gasteiger partial charge on any atom is -0.395 e. The van der Waals surface area contributed by atoms with Crippen LogP contribution in [-0.2, 0) is 6.54 Å². The van der Waals surface area contributed by atoms with Gasteiger partial charge < -0.3 is 10.4 Å². The molecule has 0 bridgehead atoms. The van der Waals surface area contributed by atoms with Crippen molar-refractivity contribution in [1.29, 1.82) is 0 Å². The summed E-state index contributed by atoms with van der Waals surface area (Å²) in [5.41, 5.74) is 1.22. The Morgan fingerprint density at radius 1 is 1.44 bits per heavy atom. The fourth-order valence-corrected chi connectivity index (χ4v) is 2.07. The molecule has 0 atom stereocenters. The maximum atomic E-state index is 9.07. The number of hydrogen-bond donors (Lipinski definition) is 2. The van der Waals surface area contributed by atoms with Crippen LogP contribution in [0.25, 0.3) is 0 Å². The number of aliphatic hydroxyl groups is 1. The van der Waals surface area contributed by atoms with Gasteiger partial charge in [-0.15, -0.1) is 0 Å². The van der Waals surface area contributed by atoms with Gasteiger partial charge in [-0.25, -0.2) is 4.98 Å². The molecule has 0 unspecified atom stereocenters. The first kappa shape index (κ1) is 13.3. The molecular weight excluding hydrogens is 226 g/mol.